The highest BCUT2D eigenvalue weighted by Gasteiger charge is 2.34. The molecular weight excluding hydrogens is 440 g/mol. The molecule has 1 N–H and O–H groups in total. The lowest BCUT2D eigenvalue weighted by atomic mass is 10.1. The average molecular weight is 469 g/mol. The zero-order valence-electron chi connectivity index (χ0n) is 18.6. The number of benzene rings is 2. The number of anilines is 1. The number of carbonyl (C=O) groups excluding carboxylic acids is 3. The lowest BCUT2D eigenvalue weighted by Crippen LogP contribution is -2.53. The van der Waals surface area contributed by atoms with Crippen molar-refractivity contribution in [1.29, 1.82) is 0 Å². The summed E-state index contributed by atoms with van der Waals surface area (Å²) in [7, 11) is 0. The van der Waals surface area contributed by atoms with E-state index in [2.05, 4.69) is 10.2 Å². The Labute approximate surface area is 199 Å². The molecule has 2 aromatic carbocycles. The third-order valence-corrected chi connectivity index (χ3v) is 6.53. The van der Waals surface area contributed by atoms with Crippen LogP contribution in [-0.4, -0.2) is 72.8 Å². The first-order valence-electron chi connectivity index (χ1n) is 11.4. The summed E-state index contributed by atoms with van der Waals surface area (Å²) < 4.78 is 0. The van der Waals surface area contributed by atoms with Gasteiger partial charge < -0.3 is 20.0 Å². The first-order valence-corrected chi connectivity index (χ1v) is 11.8. The minimum atomic E-state index is -0.506. The lowest BCUT2D eigenvalue weighted by Gasteiger charge is -2.36. The first-order chi connectivity index (χ1) is 16.0. The molecule has 2 aliphatic heterocycles. The molecule has 0 spiro atoms. The molecule has 0 aliphatic carbocycles. The smallest absolute Gasteiger partial charge is 0.243 e. The number of hydrogen-bond donors (Lipinski definition) is 1. The van der Waals surface area contributed by atoms with Gasteiger partial charge in [0.05, 0.1) is 13.0 Å². The van der Waals surface area contributed by atoms with E-state index < -0.39 is 6.04 Å². The van der Waals surface area contributed by atoms with E-state index in [4.69, 9.17) is 11.6 Å². The van der Waals surface area contributed by atoms with Crippen molar-refractivity contribution < 1.29 is 14.4 Å². The summed E-state index contributed by atoms with van der Waals surface area (Å²) in [5, 5.41) is 3.46. The van der Waals surface area contributed by atoms with Crippen LogP contribution in [0.2, 0.25) is 5.02 Å². The normalized spacial score (nSPS) is 18.3. The number of piperazine rings is 1. The highest BCUT2D eigenvalue weighted by Crippen LogP contribution is 2.21. The first kappa shape index (κ1) is 23.1. The predicted octanol–water partition coefficient (Wildman–Crippen LogP) is 2.34. The molecule has 2 fully saturated rings. The van der Waals surface area contributed by atoms with Crippen LogP contribution in [-0.2, 0) is 20.8 Å². The molecule has 0 radical (unpaired) electrons. The van der Waals surface area contributed by atoms with Crippen molar-refractivity contribution in [3.8, 4) is 0 Å². The molecule has 1 atom stereocenters. The van der Waals surface area contributed by atoms with Crippen molar-refractivity contribution in [2.45, 2.75) is 25.3 Å². The summed E-state index contributed by atoms with van der Waals surface area (Å²) in [5.41, 5.74) is 1.98. The molecule has 2 aliphatic rings. The third-order valence-electron chi connectivity index (χ3n) is 6.29. The van der Waals surface area contributed by atoms with Gasteiger partial charge in [-0.3, -0.25) is 14.4 Å². The molecule has 2 saturated heterocycles. The second-order valence-corrected chi connectivity index (χ2v) is 8.91. The fraction of sp³-hybridized carbons (Fsp3) is 0.400. The van der Waals surface area contributed by atoms with Crippen LogP contribution in [0.4, 0.5) is 5.69 Å². The van der Waals surface area contributed by atoms with Gasteiger partial charge in [-0.1, -0.05) is 48.0 Å². The number of carbonyl (C=O) groups is 3. The molecule has 33 heavy (non-hydrogen) atoms. The van der Waals surface area contributed by atoms with E-state index in [1.807, 2.05) is 54.6 Å². The molecule has 2 aromatic rings. The maximum Gasteiger partial charge on any atom is 0.243 e. The van der Waals surface area contributed by atoms with Gasteiger partial charge >= 0.3 is 0 Å². The Bertz CT molecular complexity index is 992. The van der Waals surface area contributed by atoms with Gasteiger partial charge in [0.2, 0.25) is 17.7 Å². The second kappa shape index (κ2) is 10.7. The molecule has 8 heteroatoms. The Morgan fingerprint density at radius 1 is 0.909 bits per heavy atom. The van der Waals surface area contributed by atoms with Crippen LogP contribution < -0.4 is 10.2 Å². The van der Waals surface area contributed by atoms with Crippen molar-refractivity contribution in [2.75, 3.05) is 44.2 Å². The minimum Gasteiger partial charge on any atom is -0.368 e. The monoisotopic (exact) mass is 468 g/mol. The SMILES string of the molecule is O=C(NCC(=O)N1CCN(c2cccc(Cl)c2)CC1)C1CCCN1C(=O)Cc1ccccc1. The number of hydrogen-bond acceptors (Lipinski definition) is 4. The quantitative estimate of drug-likeness (QED) is 0.706. The van der Waals surface area contributed by atoms with E-state index in [-0.39, 0.29) is 30.7 Å². The van der Waals surface area contributed by atoms with Crippen molar-refractivity contribution in [3.63, 3.8) is 0 Å². The number of likely N-dealkylation sites (tertiary alicyclic amines) is 1. The Morgan fingerprint density at radius 2 is 1.67 bits per heavy atom. The second-order valence-electron chi connectivity index (χ2n) is 8.47. The Kier molecular flexibility index (Phi) is 7.50. The lowest BCUT2D eigenvalue weighted by molar-refractivity contribution is -0.139. The van der Waals surface area contributed by atoms with Gasteiger partial charge in [0.15, 0.2) is 0 Å². The van der Waals surface area contributed by atoms with E-state index in [1.165, 1.54) is 0 Å². The van der Waals surface area contributed by atoms with E-state index >= 15 is 0 Å². The number of rotatable bonds is 6. The predicted molar refractivity (Wildman–Crippen MR) is 128 cm³/mol. The van der Waals surface area contributed by atoms with Gasteiger partial charge in [0.25, 0.3) is 0 Å². The van der Waals surface area contributed by atoms with Crippen LogP contribution in [0.5, 0.6) is 0 Å². The van der Waals surface area contributed by atoms with Crippen molar-refractivity contribution in [3.05, 3.63) is 65.2 Å². The van der Waals surface area contributed by atoms with Crippen molar-refractivity contribution in [1.82, 2.24) is 15.1 Å². The fourth-order valence-electron chi connectivity index (χ4n) is 4.49. The van der Waals surface area contributed by atoms with Gasteiger partial charge in [-0.25, -0.2) is 0 Å². The van der Waals surface area contributed by atoms with Crippen LogP contribution in [0.15, 0.2) is 54.6 Å². The molecule has 4 rings (SSSR count). The minimum absolute atomic E-state index is 0.0484. The number of halogens is 1. The van der Waals surface area contributed by atoms with Gasteiger partial charge in [-0.2, -0.15) is 0 Å². The van der Waals surface area contributed by atoms with Crippen LogP contribution in [0, 0.1) is 0 Å². The largest absolute Gasteiger partial charge is 0.368 e. The topological polar surface area (TPSA) is 73.0 Å². The average Bonchev–Trinajstić information content (AvgIpc) is 3.33. The zero-order chi connectivity index (χ0) is 23.2. The maximum atomic E-state index is 12.8. The number of nitrogens with zero attached hydrogens (tertiary/aromatic N) is 3. The summed E-state index contributed by atoms with van der Waals surface area (Å²) in [6.45, 7) is 3.13. The molecule has 0 saturated carbocycles. The molecule has 3 amide bonds. The van der Waals surface area contributed by atoms with Crippen LogP contribution in [0.1, 0.15) is 18.4 Å². The highest BCUT2D eigenvalue weighted by molar-refractivity contribution is 6.30. The van der Waals surface area contributed by atoms with Crippen LogP contribution in [0.25, 0.3) is 0 Å². The van der Waals surface area contributed by atoms with Crippen molar-refractivity contribution in [2.24, 2.45) is 0 Å². The third kappa shape index (κ3) is 5.85. The maximum absolute atomic E-state index is 12.8. The van der Waals surface area contributed by atoms with Crippen molar-refractivity contribution >= 4 is 35.0 Å². The standard InChI is InChI=1S/C25H29ClN4O3/c26-20-8-4-9-21(17-20)28-12-14-29(15-13-28)24(32)18-27-25(33)22-10-5-11-30(22)23(31)16-19-6-2-1-3-7-19/h1-4,6-9,17,22H,5,10-16,18H2,(H,27,33). The zero-order valence-corrected chi connectivity index (χ0v) is 19.3. The molecule has 2 heterocycles. The number of nitrogens with one attached hydrogen (secondary N) is 1. The Hall–Kier alpha value is -3.06. The highest BCUT2D eigenvalue weighted by atomic mass is 35.5. The van der Waals surface area contributed by atoms with E-state index in [9.17, 15) is 14.4 Å². The van der Waals surface area contributed by atoms with Crippen LogP contribution >= 0.6 is 11.6 Å². The molecule has 1 unspecified atom stereocenters. The fourth-order valence-corrected chi connectivity index (χ4v) is 4.67. The van der Waals surface area contributed by atoms with Gasteiger partial charge in [0.1, 0.15) is 6.04 Å². The summed E-state index contributed by atoms with van der Waals surface area (Å²) in [6.07, 6.45) is 1.69. The molecule has 0 bridgehead atoms. The van der Waals surface area contributed by atoms with E-state index in [1.54, 1.807) is 9.80 Å². The van der Waals surface area contributed by atoms with Crippen LogP contribution in [0.3, 0.4) is 0 Å². The van der Waals surface area contributed by atoms with Gasteiger partial charge in [0, 0.05) is 43.4 Å². The Morgan fingerprint density at radius 3 is 2.39 bits per heavy atom. The summed E-state index contributed by atoms with van der Waals surface area (Å²) in [5.74, 6) is -0.406. The Balaban J connectivity index is 1.24. The van der Waals surface area contributed by atoms with E-state index in [0.717, 1.165) is 17.7 Å². The molecule has 7 nitrogen and oxygen atoms in total. The summed E-state index contributed by atoms with van der Waals surface area (Å²) in [4.78, 5) is 43.8. The molecular formula is C25H29ClN4O3. The molecule has 0 aromatic heterocycles. The van der Waals surface area contributed by atoms with E-state index in [0.29, 0.717) is 44.2 Å². The van der Waals surface area contributed by atoms with Gasteiger partial charge in [-0.15, -0.1) is 0 Å². The summed E-state index contributed by atoms with van der Waals surface area (Å²) >= 11 is 6.08. The molecule has 174 valence electrons. The number of amides is 3. The van der Waals surface area contributed by atoms with Gasteiger partial charge in [-0.05, 0) is 36.6 Å². The summed E-state index contributed by atoms with van der Waals surface area (Å²) in [6, 6.07) is 16.7.